The Bertz CT molecular complexity index is 359. The van der Waals surface area contributed by atoms with E-state index < -0.39 is 0 Å². The summed E-state index contributed by atoms with van der Waals surface area (Å²) in [6.07, 6.45) is 3.36. The number of aromatic nitrogens is 2. The molecule has 1 unspecified atom stereocenters. The molecule has 0 amide bonds. The molecule has 0 bridgehead atoms. The summed E-state index contributed by atoms with van der Waals surface area (Å²) in [7, 11) is 1.36. The van der Waals surface area contributed by atoms with Gasteiger partial charge in [-0.25, -0.2) is 9.78 Å². The zero-order valence-electron chi connectivity index (χ0n) is 8.06. The normalized spacial score (nSPS) is 20.3. The van der Waals surface area contributed by atoms with Crippen LogP contribution < -0.4 is 5.73 Å². The molecule has 2 heterocycles. The lowest BCUT2D eigenvalue weighted by molar-refractivity contribution is 0.0579. The number of ether oxygens (including phenoxy) is 1. The van der Waals surface area contributed by atoms with Gasteiger partial charge in [0.05, 0.1) is 7.11 Å². The van der Waals surface area contributed by atoms with Crippen LogP contribution >= 0.6 is 0 Å². The molecule has 76 valence electrons. The summed E-state index contributed by atoms with van der Waals surface area (Å²) in [4.78, 5) is 15.3. The van der Waals surface area contributed by atoms with Crippen molar-refractivity contribution in [1.82, 2.24) is 9.55 Å². The summed E-state index contributed by atoms with van der Waals surface area (Å²) in [6.45, 7) is 0.751. The predicted octanol–water partition coefficient (Wildman–Crippen LogP) is -0.0568. The zero-order valence-corrected chi connectivity index (χ0v) is 8.06. The fourth-order valence-corrected chi connectivity index (χ4v) is 1.74. The molecule has 1 aliphatic rings. The van der Waals surface area contributed by atoms with E-state index in [1.165, 1.54) is 7.11 Å². The second-order valence-electron chi connectivity index (χ2n) is 3.47. The van der Waals surface area contributed by atoms with Crippen molar-refractivity contribution in [3.8, 4) is 0 Å². The predicted molar refractivity (Wildman–Crippen MR) is 49.9 cm³/mol. The highest BCUT2D eigenvalue weighted by atomic mass is 16.5. The molecular weight excluding hydrogens is 182 g/mol. The number of nitrogens with zero attached hydrogens (tertiary/aromatic N) is 2. The van der Waals surface area contributed by atoms with E-state index in [0.717, 1.165) is 25.1 Å². The van der Waals surface area contributed by atoms with Gasteiger partial charge in [0.2, 0.25) is 5.82 Å². The van der Waals surface area contributed by atoms with Crippen LogP contribution in [0.4, 0.5) is 0 Å². The zero-order chi connectivity index (χ0) is 10.1. The number of methoxy groups -OCH3 is 1. The molecule has 0 saturated heterocycles. The van der Waals surface area contributed by atoms with Crippen molar-refractivity contribution in [3.05, 3.63) is 17.7 Å². The molecular formula is C9H13N3O2. The van der Waals surface area contributed by atoms with Crippen molar-refractivity contribution in [3.63, 3.8) is 0 Å². The lowest BCUT2D eigenvalue weighted by Gasteiger charge is -2.20. The lowest BCUT2D eigenvalue weighted by Crippen LogP contribution is -2.31. The second kappa shape index (κ2) is 3.42. The summed E-state index contributed by atoms with van der Waals surface area (Å²) >= 11 is 0. The van der Waals surface area contributed by atoms with Crippen LogP contribution in [-0.2, 0) is 17.7 Å². The molecule has 1 aromatic heterocycles. The first-order valence-corrected chi connectivity index (χ1v) is 4.60. The highest BCUT2D eigenvalue weighted by molar-refractivity contribution is 5.85. The summed E-state index contributed by atoms with van der Waals surface area (Å²) < 4.78 is 6.52. The Kier molecular flexibility index (Phi) is 2.25. The van der Waals surface area contributed by atoms with Crippen molar-refractivity contribution in [2.75, 3.05) is 7.11 Å². The van der Waals surface area contributed by atoms with Crippen molar-refractivity contribution >= 4 is 5.97 Å². The van der Waals surface area contributed by atoms with Crippen LogP contribution in [-0.4, -0.2) is 28.7 Å². The Morgan fingerprint density at radius 1 is 1.79 bits per heavy atom. The van der Waals surface area contributed by atoms with Crippen LogP contribution in [0.5, 0.6) is 0 Å². The van der Waals surface area contributed by atoms with E-state index in [2.05, 4.69) is 9.72 Å². The Labute approximate surface area is 81.9 Å². The van der Waals surface area contributed by atoms with Crippen LogP contribution in [0.25, 0.3) is 0 Å². The first kappa shape index (κ1) is 9.21. The Hall–Kier alpha value is -1.36. The van der Waals surface area contributed by atoms with Gasteiger partial charge in [-0.15, -0.1) is 0 Å². The molecule has 0 aliphatic carbocycles. The molecule has 14 heavy (non-hydrogen) atoms. The van der Waals surface area contributed by atoms with E-state index >= 15 is 0 Å². The van der Waals surface area contributed by atoms with Crippen molar-refractivity contribution < 1.29 is 9.53 Å². The van der Waals surface area contributed by atoms with Gasteiger partial charge in [-0.2, -0.15) is 0 Å². The number of rotatable bonds is 1. The average molecular weight is 195 g/mol. The minimum atomic E-state index is -0.383. The van der Waals surface area contributed by atoms with Gasteiger partial charge in [-0.3, -0.25) is 0 Å². The quantitative estimate of drug-likeness (QED) is 0.637. The summed E-state index contributed by atoms with van der Waals surface area (Å²) in [5, 5.41) is 0. The van der Waals surface area contributed by atoms with Gasteiger partial charge in [0.25, 0.3) is 0 Å². The number of imidazole rings is 1. The van der Waals surface area contributed by atoms with E-state index in [9.17, 15) is 4.79 Å². The van der Waals surface area contributed by atoms with Crippen LogP contribution in [0, 0.1) is 0 Å². The van der Waals surface area contributed by atoms with Gasteiger partial charge in [-0.05, 0) is 6.42 Å². The van der Waals surface area contributed by atoms with Crippen LogP contribution in [0.2, 0.25) is 0 Å². The molecule has 5 nitrogen and oxygen atoms in total. The molecule has 5 heteroatoms. The maximum absolute atomic E-state index is 11.3. The standard InChI is InChI=1S/C9H13N3O2/c1-14-9(13)8-11-5-7-4-6(10)2-3-12(7)8/h5-6H,2-4,10H2,1H3. The fraction of sp³-hybridized carbons (Fsp3) is 0.556. The Morgan fingerprint density at radius 2 is 2.57 bits per heavy atom. The van der Waals surface area contributed by atoms with Gasteiger partial charge >= 0.3 is 5.97 Å². The first-order valence-electron chi connectivity index (χ1n) is 4.60. The molecule has 0 saturated carbocycles. The largest absolute Gasteiger partial charge is 0.463 e. The monoisotopic (exact) mass is 195 g/mol. The lowest BCUT2D eigenvalue weighted by atomic mass is 10.1. The number of carbonyl (C=O) groups is 1. The number of hydrogen-bond donors (Lipinski definition) is 1. The molecule has 2 N–H and O–H groups in total. The van der Waals surface area contributed by atoms with E-state index in [1.54, 1.807) is 6.20 Å². The van der Waals surface area contributed by atoms with Gasteiger partial charge in [0, 0.05) is 30.9 Å². The van der Waals surface area contributed by atoms with E-state index in [1.807, 2.05) is 4.57 Å². The topological polar surface area (TPSA) is 70.1 Å². The van der Waals surface area contributed by atoms with Gasteiger partial charge in [0.15, 0.2) is 0 Å². The first-order chi connectivity index (χ1) is 6.72. The number of fused-ring (bicyclic) bond motifs is 1. The summed E-state index contributed by atoms with van der Waals surface area (Å²) in [5.41, 5.74) is 6.83. The highest BCUT2D eigenvalue weighted by Crippen LogP contribution is 2.16. The third-order valence-electron chi connectivity index (χ3n) is 2.50. The maximum Gasteiger partial charge on any atom is 0.374 e. The van der Waals surface area contributed by atoms with Crippen LogP contribution in [0.1, 0.15) is 22.7 Å². The van der Waals surface area contributed by atoms with E-state index in [4.69, 9.17) is 5.73 Å². The number of nitrogens with two attached hydrogens (primary N) is 1. The van der Waals surface area contributed by atoms with Gasteiger partial charge < -0.3 is 15.0 Å². The number of carbonyl (C=O) groups excluding carboxylic acids is 1. The maximum atomic E-state index is 11.3. The van der Waals surface area contributed by atoms with Crippen molar-refractivity contribution in [2.45, 2.75) is 25.4 Å². The third-order valence-corrected chi connectivity index (χ3v) is 2.50. The van der Waals surface area contributed by atoms with E-state index in [-0.39, 0.29) is 12.0 Å². The summed E-state index contributed by atoms with van der Waals surface area (Å²) in [6, 6.07) is 0.185. The smallest absolute Gasteiger partial charge is 0.374 e. The molecule has 1 aliphatic heterocycles. The van der Waals surface area contributed by atoms with Crippen LogP contribution in [0.15, 0.2) is 6.20 Å². The molecule has 0 spiro atoms. The third kappa shape index (κ3) is 1.39. The number of esters is 1. The SMILES string of the molecule is COC(=O)c1ncc2n1CCC(N)C2. The second-order valence-corrected chi connectivity index (χ2v) is 3.47. The van der Waals surface area contributed by atoms with Crippen molar-refractivity contribution in [2.24, 2.45) is 5.73 Å². The molecule has 1 atom stereocenters. The van der Waals surface area contributed by atoms with Crippen LogP contribution in [0.3, 0.4) is 0 Å². The van der Waals surface area contributed by atoms with Gasteiger partial charge in [0.1, 0.15) is 0 Å². The van der Waals surface area contributed by atoms with E-state index in [0.29, 0.717) is 5.82 Å². The Balaban J connectivity index is 2.33. The minimum absolute atomic E-state index is 0.185. The minimum Gasteiger partial charge on any atom is -0.463 e. The average Bonchev–Trinajstić information content (AvgIpc) is 2.59. The Morgan fingerprint density at radius 3 is 3.29 bits per heavy atom. The highest BCUT2D eigenvalue weighted by Gasteiger charge is 2.22. The molecule has 1 aromatic rings. The molecule has 0 aromatic carbocycles. The molecule has 2 rings (SSSR count). The molecule has 0 radical (unpaired) electrons. The summed E-state index contributed by atoms with van der Waals surface area (Å²) in [5.74, 6) is 0.00104. The van der Waals surface area contributed by atoms with Crippen molar-refractivity contribution in [1.29, 1.82) is 0 Å². The van der Waals surface area contributed by atoms with Gasteiger partial charge in [-0.1, -0.05) is 0 Å². The fourth-order valence-electron chi connectivity index (χ4n) is 1.74. The number of hydrogen-bond acceptors (Lipinski definition) is 4. The molecule has 0 fully saturated rings.